The first-order valence-electron chi connectivity index (χ1n) is 9.04. The number of anilines is 1. The second kappa shape index (κ2) is 6.79. The molecule has 0 radical (unpaired) electrons. The van der Waals surface area contributed by atoms with Crippen LogP contribution in [-0.4, -0.2) is 29.5 Å². The van der Waals surface area contributed by atoms with Gasteiger partial charge in [-0.3, -0.25) is 0 Å². The minimum Gasteiger partial charge on any atom is -0.382 e. The summed E-state index contributed by atoms with van der Waals surface area (Å²) in [7, 11) is 0. The Kier molecular flexibility index (Phi) is 4.10. The van der Waals surface area contributed by atoms with Gasteiger partial charge in [0.05, 0.1) is 40.3 Å². The summed E-state index contributed by atoms with van der Waals surface area (Å²) in [5.41, 5.74) is 12.2. The molecule has 0 atom stereocenters. The highest BCUT2D eigenvalue weighted by atomic mass is 35.5. The number of aromatic nitrogens is 6. The Bertz CT molecular complexity index is 1380. The Morgan fingerprint density at radius 3 is 2.69 bits per heavy atom. The molecule has 0 spiro atoms. The molecule has 5 rings (SSSR count). The zero-order valence-corrected chi connectivity index (χ0v) is 16.3. The number of hydrogen-bond donors (Lipinski definition) is 1. The van der Waals surface area contributed by atoms with Crippen molar-refractivity contribution in [2.45, 2.75) is 13.5 Å². The van der Waals surface area contributed by atoms with Crippen LogP contribution >= 0.6 is 11.6 Å². The quantitative estimate of drug-likeness (QED) is 0.490. The van der Waals surface area contributed by atoms with Crippen molar-refractivity contribution in [1.82, 2.24) is 29.5 Å². The smallest absolute Gasteiger partial charge is 0.165 e. The molecule has 29 heavy (non-hydrogen) atoms. The van der Waals surface area contributed by atoms with Crippen LogP contribution in [0.15, 0.2) is 55.1 Å². The van der Waals surface area contributed by atoms with Gasteiger partial charge in [-0.25, -0.2) is 24.9 Å². The molecular weight excluding hydrogens is 386 g/mol. The number of nitrogen functional groups attached to an aromatic ring is 1. The number of nitrogens with two attached hydrogens (primary N) is 1. The molecule has 0 saturated heterocycles. The summed E-state index contributed by atoms with van der Waals surface area (Å²) < 4.78 is 1.89. The van der Waals surface area contributed by atoms with E-state index in [0.717, 1.165) is 33.5 Å². The summed E-state index contributed by atoms with van der Waals surface area (Å²) >= 11 is 6.50. The molecule has 0 aliphatic rings. The molecule has 0 saturated carbocycles. The van der Waals surface area contributed by atoms with E-state index in [1.54, 1.807) is 6.33 Å². The number of hydrogen-bond acceptors (Lipinski definition) is 6. The summed E-state index contributed by atoms with van der Waals surface area (Å²) in [5.74, 6) is 0.347. The average Bonchev–Trinajstić information content (AvgIpc) is 3.13. The van der Waals surface area contributed by atoms with Crippen LogP contribution in [0.25, 0.3) is 33.5 Å². The van der Waals surface area contributed by atoms with E-state index in [1.807, 2.05) is 54.0 Å². The molecule has 0 aliphatic heterocycles. The third kappa shape index (κ3) is 2.96. The molecule has 8 heteroatoms. The highest BCUT2D eigenvalue weighted by Gasteiger charge is 2.17. The summed E-state index contributed by atoms with van der Waals surface area (Å²) in [6.07, 6.45) is 3.12. The highest BCUT2D eigenvalue weighted by Crippen LogP contribution is 2.31. The molecule has 0 unspecified atom stereocenters. The number of imidazole rings is 1. The van der Waals surface area contributed by atoms with Crippen molar-refractivity contribution >= 4 is 39.6 Å². The first kappa shape index (κ1) is 17.5. The third-order valence-electron chi connectivity index (χ3n) is 4.85. The van der Waals surface area contributed by atoms with Crippen LogP contribution in [0.3, 0.4) is 0 Å². The normalized spacial score (nSPS) is 11.4. The minimum atomic E-state index is 0.347. The summed E-state index contributed by atoms with van der Waals surface area (Å²) in [4.78, 5) is 22.5. The average molecular weight is 402 g/mol. The maximum absolute atomic E-state index is 6.50. The Labute approximate surface area is 171 Å². The number of nitrogens with zero attached hydrogens (tertiary/aromatic N) is 6. The second-order valence-electron chi connectivity index (χ2n) is 6.74. The fourth-order valence-corrected chi connectivity index (χ4v) is 3.63. The van der Waals surface area contributed by atoms with Gasteiger partial charge in [-0.1, -0.05) is 41.9 Å². The lowest BCUT2D eigenvalue weighted by Crippen LogP contribution is -2.07. The van der Waals surface area contributed by atoms with Crippen molar-refractivity contribution in [3.8, 4) is 11.3 Å². The number of rotatable bonds is 3. The number of benzene rings is 2. The molecule has 2 N–H and O–H groups in total. The van der Waals surface area contributed by atoms with E-state index in [0.29, 0.717) is 28.5 Å². The van der Waals surface area contributed by atoms with E-state index in [2.05, 4.69) is 15.0 Å². The second-order valence-corrected chi connectivity index (χ2v) is 7.15. The van der Waals surface area contributed by atoms with Gasteiger partial charge >= 0.3 is 0 Å². The van der Waals surface area contributed by atoms with Crippen molar-refractivity contribution in [1.29, 1.82) is 0 Å². The predicted octanol–water partition coefficient (Wildman–Crippen LogP) is 4.03. The van der Waals surface area contributed by atoms with Gasteiger partial charge in [0.15, 0.2) is 11.5 Å². The minimum absolute atomic E-state index is 0.347. The molecular formula is C21H16ClN7. The van der Waals surface area contributed by atoms with Gasteiger partial charge in [-0.05, 0) is 24.6 Å². The largest absolute Gasteiger partial charge is 0.382 e. The van der Waals surface area contributed by atoms with E-state index in [9.17, 15) is 0 Å². The van der Waals surface area contributed by atoms with E-state index in [4.69, 9.17) is 27.3 Å². The summed E-state index contributed by atoms with van der Waals surface area (Å²) in [6.45, 7) is 2.44. The van der Waals surface area contributed by atoms with Crippen LogP contribution in [0.5, 0.6) is 0 Å². The maximum atomic E-state index is 6.50. The molecule has 5 aromatic rings. The lowest BCUT2D eigenvalue weighted by molar-refractivity contribution is 0.789. The van der Waals surface area contributed by atoms with Gasteiger partial charge in [-0.15, -0.1) is 0 Å². The van der Waals surface area contributed by atoms with Crippen molar-refractivity contribution < 1.29 is 0 Å². The highest BCUT2D eigenvalue weighted by molar-refractivity contribution is 6.33. The summed E-state index contributed by atoms with van der Waals surface area (Å²) in [5, 5.41) is 0.623. The Hall–Kier alpha value is -3.58. The molecule has 3 heterocycles. The van der Waals surface area contributed by atoms with Gasteiger partial charge in [0, 0.05) is 5.56 Å². The predicted molar refractivity (Wildman–Crippen MR) is 114 cm³/mol. The van der Waals surface area contributed by atoms with Crippen LogP contribution < -0.4 is 5.73 Å². The molecule has 2 aromatic carbocycles. The molecule has 142 valence electrons. The molecule has 3 aromatic heterocycles. The van der Waals surface area contributed by atoms with E-state index in [1.165, 1.54) is 6.33 Å². The van der Waals surface area contributed by atoms with Gasteiger partial charge in [0.25, 0.3) is 0 Å². The van der Waals surface area contributed by atoms with Gasteiger partial charge < -0.3 is 10.3 Å². The fourth-order valence-electron chi connectivity index (χ4n) is 3.41. The topological polar surface area (TPSA) is 95.4 Å². The first-order chi connectivity index (χ1) is 14.1. The van der Waals surface area contributed by atoms with Crippen LogP contribution in [0, 0.1) is 6.92 Å². The van der Waals surface area contributed by atoms with Gasteiger partial charge in [0.2, 0.25) is 0 Å². The lowest BCUT2D eigenvalue weighted by Gasteiger charge is -2.13. The zero-order valence-electron chi connectivity index (χ0n) is 15.5. The number of aryl methyl sites for hydroxylation is 1. The molecule has 0 bridgehead atoms. The van der Waals surface area contributed by atoms with Crippen LogP contribution in [0.2, 0.25) is 5.02 Å². The van der Waals surface area contributed by atoms with E-state index in [-0.39, 0.29) is 0 Å². The molecule has 7 nitrogen and oxygen atoms in total. The van der Waals surface area contributed by atoms with Crippen LogP contribution in [0.4, 0.5) is 5.82 Å². The monoisotopic (exact) mass is 401 g/mol. The summed E-state index contributed by atoms with van der Waals surface area (Å²) in [6, 6.07) is 13.6. The SMILES string of the molecule is Cc1cccc2nc(Cn3cnc4c(N)ncnc43)c(-c3ccccc3Cl)nc12. The van der Waals surface area contributed by atoms with Crippen molar-refractivity contribution in [3.05, 3.63) is 71.4 Å². The molecule has 0 fully saturated rings. The van der Waals surface area contributed by atoms with E-state index < -0.39 is 0 Å². The fraction of sp³-hybridized carbons (Fsp3) is 0.0952. The number of halogens is 1. The third-order valence-corrected chi connectivity index (χ3v) is 5.18. The number of para-hydroxylation sites is 1. The van der Waals surface area contributed by atoms with Gasteiger partial charge in [-0.2, -0.15) is 0 Å². The Morgan fingerprint density at radius 1 is 0.966 bits per heavy atom. The Morgan fingerprint density at radius 2 is 1.83 bits per heavy atom. The zero-order chi connectivity index (χ0) is 20.0. The number of fused-ring (bicyclic) bond motifs is 2. The van der Waals surface area contributed by atoms with E-state index >= 15 is 0 Å². The lowest BCUT2D eigenvalue weighted by atomic mass is 10.1. The van der Waals surface area contributed by atoms with Crippen LogP contribution in [-0.2, 0) is 6.54 Å². The van der Waals surface area contributed by atoms with Crippen LogP contribution in [0.1, 0.15) is 11.3 Å². The van der Waals surface area contributed by atoms with Crippen molar-refractivity contribution in [2.24, 2.45) is 0 Å². The molecule has 0 amide bonds. The standard InChI is InChI=1S/C21H16ClN7/c1-12-5-4-8-15-17(12)28-18(13-6-2-3-7-14(13)22)16(27-15)9-29-11-26-19-20(23)24-10-25-21(19)29/h2-8,10-11H,9H2,1H3,(H2,23,24,25). The first-order valence-corrected chi connectivity index (χ1v) is 9.42. The van der Waals surface area contributed by atoms with Gasteiger partial charge in [0.1, 0.15) is 11.8 Å². The van der Waals surface area contributed by atoms with Crippen molar-refractivity contribution in [2.75, 3.05) is 5.73 Å². The molecule has 0 aliphatic carbocycles. The maximum Gasteiger partial charge on any atom is 0.165 e. The van der Waals surface area contributed by atoms with Crippen molar-refractivity contribution in [3.63, 3.8) is 0 Å². The Balaban J connectivity index is 1.74.